The molecule has 0 radical (unpaired) electrons. The van der Waals surface area contributed by atoms with Crippen LogP contribution in [0.15, 0.2) is 0 Å². The van der Waals surface area contributed by atoms with Crippen LogP contribution in [-0.2, 0) is 24.0 Å². The summed E-state index contributed by atoms with van der Waals surface area (Å²) in [6.07, 6.45) is -5.12. The molecular formula is C15H22O10. The molecule has 0 saturated carbocycles. The fourth-order valence-electron chi connectivity index (χ4n) is 2.54. The lowest BCUT2D eigenvalue weighted by atomic mass is 9.63. The van der Waals surface area contributed by atoms with Crippen LogP contribution in [0.5, 0.6) is 0 Å². The normalized spacial score (nSPS) is 21.0. The summed E-state index contributed by atoms with van der Waals surface area (Å²) in [4.78, 5) is 58.4. The van der Waals surface area contributed by atoms with Gasteiger partial charge in [-0.25, -0.2) is 0 Å². The standard InChI is InChI=1S/C15H22O10/c1-6(16)10(20)12(22)15(25,9(4)19)13(5,23)14(24,8(3)18)11(21)7(2)17/h10,12,20,22-25H,1-5H3/t10?,12-,13+,14-,15+/m1/s1. The fourth-order valence-corrected chi connectivity index (χ4v) is 2.54. The van der Waals surface area contributed by atoms with E-state index >= 15 is 0 Å². The molecule has 0 bridgehead atoms. The third-order valence-corrected chi connectivity index (χ3v) is 4.28. The topological polar surface area (TPSA) is 186 Å². The zero-order chi connectivity index (χ0) is 20.5. The summed E-state index contributed by atoms with van der Waals surface area (Å²) < 4.78 is 0. The largest absolute Gasteiger partial charge is 0.386 e. The van der Waals surface area contributed by atoms with Gasteiger partial charge in [-0.05, 0) is 27.7 Å². The lowest BCUT2D eigenvalue weighted by molar-refractivity contribution is -0.252. The third-order valence-electron chi connectivity index (χ3n) is 4.28. The minimum absolute atomic E-state index is 0.451. The van der Waals surface area contributed by atoms with E-state index < -0.39 is 57.9 Å². The van der Waals surface area contributed by atoms with E-state index in [9.17, 15) is 49.5 Å². The molecule has 1 unspecified atom stereocenters. The summed E-state index contributed by atoms with van der Waals surface area (Å²) in [6, 6.07) is 0. The number of aliphatic hydroxyl groups excluding tert-OH is 2. The van der Waals surface area contributed by atoms with Crippen molar-refractivity contribution in [2.45, 2.75) is 63.6 Å². The van der Waals surface area contributed by atoms with Crippen LogP contribution in [0, 0.1) is 0 Å². The van der Waals surface area contributed by atoms with Gasteiger partial charge in [0.1, 0.15) is 17.8 Å². The Morgan fingerprint density at radius 1 is 0.800 bits per heavy atom. The Bertz CT molecular complexity index is 622. The van der Waals surface area contributed by atoms with E-state index in [-0.39, 0.29) is 0 Å². The summed E-state index contributed by atoms with van der Waals surface area (Å²) in [5.41, 5.74) is -10.7. The van der Waals surface area contributed by atoms with E-state index in [4.69, 9.17) is 0 Å². The lowest BCUT2D eigenvalue weighted by Gasteiger charge is -2.49. The molecule has 5 N–H and O–H groups in total. The molecule has 0 aromatic carbocycles. The molecular weight excluding hydrogens is 340 g/mol. The highest BCUT2D eigenvalue weighted by atomic mass is 16.4. The van der Waals surface area contributed by atoms with Crippen LogP contribution in [0.3, 0.4) is 0 Å². The Morgan fingerprint density at radius 2 is 1.20 bits per heavy atom. The molecule has 5 atom stereocenters. The van der Waals surface area contributed by atoms with Gasteiger partial charge in [-0.2, -0.15) is 0 Å². The van der Waals surface area contributed by atoms with Crippen molar-refractivity contribution >= 4 is 28.9 Å². The summed E-state index contributed by atoms with van der Waals surface area (Å²) >= 11 is 0. The van der Waals surface area contributed by atoms with Gasteiger partial charge in [0.25, 0.3) is 0 Å². The summed E-state index contributed by atoms with van der Waals surface area (Å²) in [6.45, 7) is 3.13. The minimum atomic E-state index is -3.63. The number of ketones is 5. The first kappa shape index (κ1) is 23.1. The van der Waals surface area contributed by atoms with Gasteiger partial charge in [-0.3, -0.25) is 24.0 Å². The predicted molar refractivity (Wildman–Crippen MR) is 80.3 cm³/mol. The molecule has 0 spiro atoms. The maximum atomic E-state index is 12.0. The van der Waals surface area contributed by atoms with Gasteiger partial charge in [-0.15, -0.1) is 0 Å². The molecule has 0 aromatic rings. The average Bonchev–Trinajstić information content (AvgIpc) is 2.49. The number of rotatable bonds is 9. The Labute approximate surface area is 143 Å². The van der Waals surface area contributed by atoms with E-state index in [0.717, 1.165) is 6.92 Å². The van der Waals surface area contributed by atoms with Crippen molar-refractivity contribution in [3.05, 3.63) is 0 Å². The maximum absolute atomic E-state index is 12.0. The van der Waals surface area contributed by atoms with E-state index in [2.05, 4.69) is 0 Å². The molecule has 0 aromatic heterocycles. The van der Waals surface area contributed by atoms with Crippen LogP contribution in [0.2, 0.25) is 0 Å². The maximum Gasteiger partial charge on any atom is 0.240 e. The Kier molecular flexibility index (Phi) is 6.65. The van der Waals surface area contributed by atoms with Gasteiger partial charge >= 0.3 is 0 Å². The van der Waals surface area contributed by atoms with E-state index in [1.807, 2.05) is 0 Å². The first-order valence-corrected chi connectivity index (χ1v) is 7.12. The second-order valence-corrected chi connectivity index (χ2v) is 6.05. The molecule has 10 nitrogen and oxygen atoms in total. The number of hydrogen-bond donors (Lipinski definition) is 5. The molecule has 0 saturated heterocycles. The highest BCUT2D eigenvalue weighted by Crippen LogP contribution is 2.39. The number of Topliss-reactive ketones (excluding diaryl/α,β-unsaturated/α-hetero) is 5. The van der Waals surface area contributed by atoms with Crippen molar-refractivity contribution in [2.24, 2.45) is 0 Å². The van der Waals surface area contributed by atoms with Crippen LogP contribution in [-0.4, -0.2) is 83.5 Å². The monoisotopic (exact) mass is 362 g/mol. The average molecular weight is 362 g/mol. The van der Waals surface area contributed by atoms with Crippen molar-refractivity contribution in [3.8, 4) is 0 Å². The molecule has 10 heteroatoms. The zero-order valence-corrected chi connectivity index (χ0v) is 14.4. The molecule has 0 aliphatic heterocycles. The van der Waals surface area contributed by atoms with Crippen LogP contribution in [0.1, 0.15) is 34.6 Å². The zero-order valence-electron chi connectivity index (χ0n) is 14.4. The SMILES string of the molecule is CC(=O)C(=O)[C@](O)(C(C)=O)[C@](C)(O)[C@](O)(C(C)=O)[C@H](O)C(O)C(C)=O. The van der Waals surface area contributed by atoms with Crippen molar-refractivity contribution in [3.63, 3.8) is 0 Å². The first-order chi connectivity index (χ1) is 11.0. The van der Waals surface area contributed by atoms with Gasteiger partial charge in [0.2, 0.25) is 11.4 Å². The van der Waals surface area contributed by atoms with Gasteiger partial charge < -0.3 is 25.5 Å². The van der Waals surface area contributed by atoms with Crippen LogP contribution in [0.4, 0.5) is 0 Å². The highest BCUT2D eigenvalue weighted by Gasteiger charge is 2.70. The first-order valence-electron chi connectivity index (χ1n) is 7.12. The molecule has 0 aliphatic rings. The Morgan fingerprint density at radius 3 is 1.44 bits per heavy atom. The highest BCUT2D eigenvalue weighted by molar-refractivity contribution is 6.44. The summed E-state index contributed by atoms with van der Waals surface area (Å²) in [5.74, 6) is -7.35. The quantitative estimate of drug-likeness (QED) is 0.207. The smallest absolute Gasteiger partial charge is 0.240 e. The van der Waals surface area contributed by atoms with Crippen molar-refractivity contribution in [2.75, 3.05) is 0 Å². The fraction of sp³-hybridized carbons (Fsp3) is 0.667. The third kappa shape index (κ3) is 3.31. The number of aliphatic hydroxyl groups is 5. The van der Waals surface area contributed by atoms with Crippen molar-refractivity contribution in [1.29, 1.82) is 0 Å². The van der Waals surface area contributed by atoms with Gasteiger partial charge in [-0.1, -0.05) is 0 Å². The number of hydrogen-bond acceptors (Lipinski definition) is 10. The van der Waals surface area contributed by atoms with Crippen LogP contribution >= 0.6 is 0 Å². The number of carbonyl (C=O) groups is 5. The number of carbonyl (C=O) groups excluding carboxylic acids is 5. The Balaban J connectivity index is 6.75. The van der Waals surface area contributed by atoms with E-state index in [0.29, 0.717) is 27.7 Å². The molecule has 0 rings (SSSR count). The van der Waals surface area contributed by atoms with Crippen LogP contribution < -0.4 is 0 Å². The second-order valence-electron chi connectivity index (χ2n) is 6.05. The summed E-state index contributed by atoms with van der Waals surface area (Å²) in [5, 5.41) is 51.4. The molecule has 0 heterocycles. The molecule has 142 valence electrons. The summed E-state index contributed by atoms with van der Waals surface area (Å²) in [7, 11) is 0. The predicted octanol–water partition coefficient (Wildman–Crippen LogP) is -3.15. The van der Waals surface area contributed by atoms with E-state index in [1.165, 1.54) is 0 Å². The second kappa shape index (κ2) is 7.18. The van der Waals surface area contributed by atoms with Crippen LogP contribution in [0.25, 0.3) is 0 Å². The van der Waals surface area contributed by atoms with Crippen molar-refractivity contribution < 1.29 is 49.5 Å². The molecule has 25 heavy (non-hydrogen) atoms. The van der Waals surface area contributed by atoms with Gasteiger partial charge in [0, 0.05) is 6.92 Å². The van der Waals surface area contributed by atoms with Crippen molar-refractivity contribution in [1.82, 2.24) is 0 Å². The minimum Gasteiger partial charge on any atom is -0.386 e. The Hall–Kier alpha value is -1.85. The molecule has 0 amide bonds. The molecule has 0 aliphatic carbocycles. The van der Waals surface area contributed by atoms with E-state index in [1.54, 1.807) is 0 Å². The van der Waals surface area contributed by atoms with Gasteiger partial charge in [0.15, 0.2) is 28.7 Å². The lowest BCUT2D eigenvalue weighted by Crippen LogP contribution is -2.79. The molecule has 0 fully saturated rings. The van der Waals surface area contributed by atoms with Gasteiger partial charge in [0.05, 0.1) is 0 Å².